The Morgan fingerprint density at radius 1 is 0.254 bits per heavy atom. The average Bonchev–Trinajstić information content (AvgIpc) is 0.675. The molecule has 12 aromatic rings. The van der Waals surface area contributed by atoms with Crippen LogP contribution in [0.3, 0.4) is 0 Å². The Hall–Kier alpha value is -7.74. The predicted octanol–water partition coefficient (Wildman–Crippen LogP) is 16.5. The summed E-state index contributed by atoms with van der Waals surface area (Å²) in [6.45, 7) is 0. The summed E-state index contributed by atoms with van der Waals surface area (Å²) in [5, 5.41) is -6.22. The van der Waals surface area contributed by atoms with Crippen molar-refractivity contribution in [3.05, 3.63) is 224 Å². The van der Waals surface area contributed by atoms with E-state index in [0.29, 0.717) is 0 Å². The van der Waals surface area contributed by atoms with Gasteiger partial charge in [-0.25, -0.2) is 0 Å². The number of fused-ring (bicyclic) bond motifs is 2. The lowest BCUT2D eigenvalue weighted by atomic mass is 9.86. The van der Waals surface area contributed by atoms with Crippen LogP contribution in [0, 0.1) is 0 Å². The normalized spacial score (nSPS) is 20.3. The smallest absolute Gasteiger partial charge is 0.0645 e. The Balaban J connectivity index is 1.29. The number of hydrogen-bond donors (Lipinski definition) is 0. The Morgan fingerprint density at radius 2 is 0.644 bits per heavy atom. The van der Waals surface area contributed by atoms with Crippen molar-refractivity contribution in [3.8, 4) is 33.4 Å². The summed E-state index contributed by atoms with van der Waals surface area (Å²) in [5.74, 6) is 0. The Kier molecular flexibility index (Phi) is 3.05. The number of benzene rings is 11. The van der Waals surface area contributed by atoms with Crippen molar-refractivity contribution in [1.29, 1.82) is 0 Å². The lowest BCUT2D eigenvalue weighted by Crippen LogP contribution is -2.09. The highest BCUT2D eigenvalue weighted by Crippen LogP contribution is 2.45. The fourth-order valence-electron chi connectivity index (χ4n) is 7.04. The lowest BCUT2D eigenvalue weighted by molar-refractivity contribution is 1.28. The van der Waals surface area contributed by atoms with Gasteiger partial charge in [0.2, 0.25) is 0 Å². The Bertz CT molecular complexity index is 5400. The Morgan fingerprint density at radius 3 is 1.14 bits per heavy atom. The molecule has 0 saturated carbocycles. The molecule has 12 aromatic carbocycles. The van der Waals surface area contributed by atoms with Gasteiger partial charge in [0.1, 0.15) is 0 Å². The van der Waals surface area contributed by atoms with Crippen molar-refractivity contribution in [1.82, 2.24) is 0 Å². The molecule has 0 spiro atoms. The molecular formula is C58H37N. The molecule has 1 nitrogen and oxygen atoms in total. The molecule has 0 saturated heterocycles. The van der Waals surface area contributed by atoms with Gasteiger partial charge in [0, 0.05) is 17.1 Å². The molecule has 59 heavy (non-hydrogen) atoms. The van der Waals surface area contributed by atoms with Gasteiger partial charge >= 0.3 is 0 Å². The molecule has 12 rings (SSSR count). The molecule has 1 heteroatoms. The molecule has 274 valence electrons. The molecule has 0 aromatic heterocycles. The second-order valence-corrected chi connectivity index (χ2v) is 12.8. The highest BCUT2D eigenvalue weighted by Gasteiger charge is 2.18. The largest absolute Gasteiger partial charge is 0.311 e. The van der Waals surface area contributed by atoms with Gasteiger partial charge in [0.15, 0.2) is 0 Å². The zero-order valence-corrected chi connectivity index (χ0v) is 29.5. The van der Waals surface area contributed by atoms with E-state index in [1.807, 2.05) is 0 Å². The number of rotatable bonds is 6. The van der Waals surface area contributed by atoms with Crippen molar-refractivity contribution in [2.45, 2.75) is 0 Å². The zero-order chi connectivity index (χ0) is 70.2. The average molecular weight is 784 g/mol. The van der Waals surface area contributed by atoms with Crippen LogP contribution in [0.1, 0.15) is 49.3 Å². The predicted molar refractivity (Wildman–Crippen MR) is 254 cm³/mol. The van der Waals surface area contributed by atoms with Crippen LogP contribution in [0.25, 0.3) is 98.0 Å². The van der Waals surface area contributed by atoms with Gasteiger partial charge in [-0.2, -0.15) is 0 Å². The molecule has 0 unspecified atom stereocenters. The topological polar surface area (TPSA) is 3.24 Å². The second kappa shape index (κ2) is 13.4. The highest BCUT2D eigenvalue weighted by atomic mass is 15.1. The van der Waals surface area contributed by atoms with Crippen molar-refractivity contribution < 1.29 is 49.3 Å². The molecule has 0 fully saturated rings. The van der Waals surface area contributed by atoms with Gasteiger partial charge in [-0.15, -0.1) is 0 Å². The first-order valence-corrected chi connectivity index (χ1v) is 17.5. The van der Waals surface area contributed by atoms with Gasteiger partial charge in [0.05, 0.1) is 49.3 Å². The van der Waals surface area contributed by atoms with Crippen LogP contribution in [0.4, 0.5) is 17.1 Å². The van der Waals surface area contributed by atoms with Crippen LogP contribution in [-0.4, -0.2) is 0 Å². The lowest BCUT2D eigenvalue weighted by Gasteiger charge is -2.26. The molecular weight excluding hydrogens is 711 g/mol. The maximum absolute atomic E-state index is 10.3. The third-order valence-electron chi connectivity index (χ3n) is 9.58. The molecule has 0 N–H and O–H groups in total. The van der Waals surface area contributed by atoms with Crippen LogP contribution in [0.5, 0.6) is 0 Å². The summed E-state index contributed by atoms with van der Waals surface area (Å²) < 4.78 is 331. The summed E-state index contributed by atoms with van der Waals surface area (Å²) in [5.41, 5.74) is -9.36. The van der Waals surface area contributed by atoms with Gasteiger partial charge < -0.3 is 4.90 Å². The van der Waals surface area contributed by atoms with E-state index < -0.39 is 327 Å². The molecule has 0 atom stereocenters. The number of nitrogens with zero attached hydrogens (tertiary/aromatic N) is 1. The van der Waals surface area contributed by atoms with E-state index in [1.54, 1.807) is 0 Å². The van der Waals surface area contributed by atoms with Crippen molar-refractivity contribution in [3.63, 3.8) is 0 Å². The van der Waals surface area contributed by atoms with E-state index in [1.165, 1.54) is 0 Å². The third-order valence-corrected chi connectivity index (χ3v) is 9.58. The molecule has 0 aliphatic heterocycles. The van der Waals surface area contributed by atoms with Gasteiger partial charge in [-0.1, -0.05) is 175 Å². The molecule has 0 aliphatic rings. The van der Waals surface area contributed by atoms with Crippen LogP contribution in [0.15, 0.2) is 224 Å². The SMILES string of the molecule is [2H]c1cc2c3c([2H])c(-c4c([2H])c([2H])c(N(c5c([2H])c([2H])c(-c6c([2H])c([2H])c([2H])c([2H])c6[2H])c([2H])c5[2H])c5c([2H])c([2H])c(-c6c([2H])c([2H])c([2H])c([2H])c6[2H])c([2H])c5[2H])c([2H])c4[2H])c([2H])c4c([2H])c([2H])c5c([2H])c([2H])c([2H])c(c6c([2H])c([2H])c([2H])c7c([2H])c([2H])c(c1[2H])c2c76)c5c43. The van der Waals surface area contributed by atoms with E-state index in [2.05, 4.69) is 0 Å². The fraction of sp³-hybridized carbons (Fsp3) is 0. The van der Waals surface area contributed by atoms with Gasteiger partial charge in [-0.3, -0.25) is 0 Å². The minimum Gasteiger partial charge on any atom is -0.311 e. The summed E-state index contributed by atoms with van der Waals surface area (Å²) in [7, 11) is 0. The van der Waals surface area contributed by atoms with Crippen molar-refractivity contribution >= 4 is 81.7 Å². The van der Waals surface area contributed by atoms with Gasteiger partial charge in [-0.05, 0) is 146 Å². The van der Waals surface area contributed by atoms with E-state index in [0.717, 1.165) is 6.07 Å². The molecule has 0 bridgehead atoms. The highest BCUT2D eigenvalue weighted by molar-refractivity contribution is 6.37. The van der Waals surface area contributed by atoms with E-state index in [4.69, 9.17) is 20.6 Å². The third kappa shape index (κ3) is 5.47. The monoisotopic (exact) mass is 784 g/mol. The summed E-state index contributed by atoms with van der Waals surface area (Å²) >= 11 is 0. The maximum atomic E-state index is 10.3. The minimum absolute atomic E-state index is 0.249. The first kappa shape index (κ1) is 13.4. The molecule has 0 amide bonds. The standard InChI is InChI=1S/C58H37N/c1-3-10-38(11-4-1)40-24-30-48(31-25-40)59(49-32-26-41(27-33-49)39-12-5-2-6-13-39)50-34-28-42(29-35-50)47-36-46-23-22-45-15-8-18-52-51-17-7-14-43-20-21-44-16-9-19-53(57(44)55(43)51)54(37-47)58(46)56(45)52/h1-37H/i1D,2D,3D,4D,5D,6D,7D,8D,9D,10D,11D,12D,13D,14D,15D,16D,17D,18D,20D,21D,22D,23D,24D,25D,26D,27D,28D,29D,30D,31D,32D,33D,34D,35D,36D,37D. The molecule has 0 aliphatic carbocycles. The minimum atomic E-state index is -1.39. The molecule has 0 heterocycles. The van der Waals surface area contributed by atoms with E-state index in [9.17, 15) is 28.8 Å². The maximum Gasteiger partial charge on any atom is 0.0645 e. The number of anilines is 3. The van der Waals surface area contributed by atoms with Crippen molar-refractivity contribution in [2.24, 2.45) is 0 Å². The zero-order valence-electron chi connectivity index (χ0n) is 65.5. The number of hydrogen-bond acceptors (Lipinski definition) is 1. The summed E-state index contributed by atoms with van der Waals surface area (Å²) in [4.78, 5) is 0.249. The van der Waals surface area contributed by atoms with Crippen LogP contribution in [0.2, 0.25) is 0 Å². The summed E-state index contributed by atoms with van der Waals surface area (Å²) in [6, 6.07) is -36.7. The quantitative estimate of drug-likeness (QED) is 0.152. The second-order valence-electron chi connectivity index (χ2n) is 12.8. The van der Waals surface area contributed by atoms with Crippen LogP contribution >= 0.6 is 0 Å². The Labute approximate surface area is 393 Å². The van der Waals surface area contributed by atoms with Gasteiger partial charge in [0.25, 0.3) is 0 Å². The first-order valence-electron chi connectivity index (χ1n) is 35.5. The van der Waals surface area contributed by atoms with E-state index in [-0.39, 0.29) is 10.3 Å². The fourth-order valence-corrected chi connectivity index (χ4v) is 7.04. The van der Waals surface area contributed by atoms with E-state index >= 15 is 0 Å². The van der Waals surface area contributed by atoms with Crippen LogP contribution in [-0.2, 0) is 0 Å². The van der Waals surface area contributed by atoms with Crippen molar-refractivity contribution in [2.75, 3.05) is 4.90 Å². The van der Waals surface area contributed by atoms with Crippen LogP contribution < -0.4 is 4.90 Å². The molecule has 0 radical (unpaired) electrons. The first-order chi connectivity index (χ1) is 44.3. The summed E-state index contributed by atoms with van der Waals surface area (Å²) in [6.07, 6.45) is 0.